The average molecular weight is 535 g/mol. The molecule has 3 N–H and O–H groups in total. The average Bonchev–Trinajstić information content (AvgIpc) is 2.96. The van der Waals surface area contributed by atoms with Crippen molar-refractivity contribution in [3.05, 3.63) is 119 Å². The van der Waals surface area contributed by atoms with Crippen LogP contribution in [0.25, 0.3) is 0 Å². The lowest BCUT2D eigenvalue weighted by molar-refractivity contribution is -0.261. The van der Waals surface area contributed by atoms with Gasteiger partial charge in [0.15, 0.2) is 0 Å². The van der Waals surface area contributed by atoms with Gasteiger partial charge < -0.3 is 34.3 Å². The highest BCUT2D eigenvalue weighted by molar-refractivity contribution is 5.84. The van der Waals surface area contributed by atoms with Gasteiger partial charge >= 0.3 is 5.97 Å². The van der Waals surface area contributed by atoms with E-state index in [1.54, 1.807) is 0 Å². The van der Waals surface area contributed by atoms with Gasteiger partial charge in [-0.05, 0) is 23.6 Å². The summed E-state index contributed by atoms with van der Waals surface area (Å²) >= 11 is 0. The van der Waals surface area contributed by atoms with Crippen LogP contribution in [0.3, 0.4) is 0 Å². The lowest BCUT2D eigenvalue weighted by Gasteiger charge is -2.45. The van der Waals surface area contributed by atoms with E-state index in [1.165, 1.54) is 0 Å². The number of rotatable bonds is 12. The first kappa shape index (κ1) is 28.3. The van der Waals surface area contributed by atoms with Crippen molar-refractivity contribution in [1.29, 1.82) is 0 Å². The first-order valence-corrected chi connectivity index (χ1v) is 12.9. The molecule has 0 unspecified atom stereocenters. The molecule has 1 aliphatic rings. The summed E-state index contributed by atoms with van der Waals surface area (Å²) in [6, 6.07) is 29.0. The second-order valence-corrected chi connectivity index (χ2v) is 9.47. The minimum atomic E-state index is -1.63. The molecular formula is C31H34O8. The number of aliphatic hydroxyl groups is 2. The third-order valence-electron chi connectivity index (χ3n) is 6.59. The van der Waals surface area contributed by atoms with Gasteiger partial charge in [-0.3, -0.25) is 0 Å². The van der Waals surface area contributed by atoms with Crippen LogP contribution in [-0.4, -0.2) is 51.8 Å². The minimum absolute atomic E-state index is 0.228. The van der Waals surface area contributed by atoms with Gasteiger partial charge in [0.2, 0.25) is 5.76 Å². The molecule has 0 aromatic heterocycles. The van der Waals surface area contributed by atoms with E-state index in [2.05, 4.69) is 0 Å². The third kappa shape index (κ3) is 7.91. The molecule has 1 fully saturated rings. The molecule has 0 aliphatic carbocycles. The van der Waals surface area contributed by atoms with Crippen molar-refractivity contribution in [1.82, 2.24) is 0 Å². The molecule has 3 aromatic rings. The van der Waals surface area contributed by atoms with E-state index in [4.69, 9.17) is 24.1 Å². The second-order valence-electron chi connectivity index (χ2n) is 9.47. The Balaban J connectivity index is 1.63. The fourth-order valence-corrected chi connectivity index (χ4v) is 4.59. The van der Waals surface area contributed by atoms with Crippen LogP contribution in [0.1, 0.15) is 30.0 Å². The van der Waals surface area contributed by atoms with Gasteiger partial charge in [-0.1, -0.05) is 91.0 Å². The van der Waals surface area contributed by atoms with Crippen LogP contribution in [0.2, 0.25) is 0 Å². The quantitative estimate of drug-likeness (QED) is 0.211. The summed E-state index contributed by atoms with van der Waals surface area (Å²) in [5, 5.41) is 29.4. The van der Waals surface area contributed by atoms with Crippen LogP contribution < -0.4 is 0 Å². The molecule has 0 amide bonds. The van der Waals surface area contributed by atoms with E-state index in [1.807, 2.05) is 97.9 Å². The zero-order valence-corrected chi connectivity index (χ0v) is 21.8. The molecule has 8 heteroatoms. The zero-order chi connectivity index (χ0) is 27.6. The summed E-state index contributed by atoms with van der Waals surface area (Å²) in [4.78, 5) is 11.3. The highest BCUT2D eigenvalue weighted by atomic mass is 16.6. The molecule has 1 aliphatic heterocycles. The predicted octanol–water partition coefficient (Wildman–Crippen LogP) is 5.33. The number of hydrogen-bond acceptors (Lipinski definition) is 7. The molecule has 206 valence electrons. The van der Waals surface area contributed by atoms with E-state index in [0.717, 1.165) is 16.7 Å². The molecule has 0 bridgehead atoms. The maximum atomic E-state index is 11.3. The lowest BCUT2D eigenvalue weighted by Crippen LogP contribution is -2.59. The lowest BCUT2D eigenvalue weighted by atomic mass is 9.92. The van der Waals surface area contributed by atoms with Gasteiger partial charge in [-0.2, -0.15) is 0 Å². The number of benzene rings is 3. The number of aliphatic hydroxyl groups excluding tert-OH is 2. The summed E-state index contributed by atoms with van der Waals surface area (Å²) in [5.74, 6) is -3.45. The van der Waals surface area contributed by atoms with Crippen LogP contribution in [0, 0.1) is 0 Å². The van der Waals surface area contributed by atoms with Crippen LogP contribution in [-0.2, 0) is 43.6 Å². The SMILES string of the molecule is C[C@@H]1O[C@@H](CC(O)=C(O)C(=O)O)[C@@H](OCc2ccccc2)[C@H](OCc2ccccc2)[C@@H]1OCc1ccccc1. The van der Waals surface area contributed by atoms with Crippen molar-refractivity contribution >= 4 is 5.97 Å². The molecule has 39 heavy (non-hydrogen) atoms. The van der Waals surface area contributed by atoms with Crippen LogP contribution >= 0.6 is 0 Å². The largest absolute Gasteiger partial charge is 0.508 e. The maximum absolute atomic E-state index is 11.3. The van der Waals surface area contributed by atoms with Crippen LogP contribution in [0.15, 0.2) is 103 Å². The molecule has 0 spiro atoms. The van der Waals surface area contributed by atoms with Gasteiger partial charge in [0.1, 0.15) is 24.1 Å². The minimum Gasteiger partial charge on any atom is -0.508 e. The van der Waals surface area contributed by atoms with Crippen molar-refractivity contribution < 1.29 is 39.1 Å². The van der Waals surface area contributed by atoms with Crippen LogP contribution in [0.5, 0.6) is 0 Å². The third-order valence-corrected chi connectivity index (χ3v) is 6.59. The fourth-order valence-electron chi connectivity index (χ4n) is 4.59. The Morgan fingerprint density at radius 2 is 1.08 bits per heavy atom. The summed E-state index contributed by atoms with van der Waals surface area (Å²) < 4.78 is 25.4. The van der Waals surface area contributed by atoms with Crippen molar-refractivity contribution in [3.63, 3.8) is 0 Å². The van der Waals surface area contributed by atoms with E-state index in [-0.39, 0.29) is 19.6 Å². The highest BCUT2D eigenvalue weighted by Gasteiger charge is 2.47. The smallest absolute Gasteiger partial charge is 0.374 e. The Labute approximate surface area is 228 Å². The van der Waals surface area contributed by atoms with Gasteiger partial charge in [0.25, 0.3) is 0 Å². The number of ether oxygens (including phenoxy) is 4. The number of carboxylic acid groups (broad SMARTS) is 1. The Morgan fingerprint density at radius 1 is 0.667 bits per heavy atom. The number of carbonyl (C=O) groups is 1. The molecule has 1 heterocycles. The molecule has 0 saturated carbocycles. The number of carboxylic acids is 1. The standard InChI is InChI=1S/C31H34O8/c1-21-28(36-18-22-11-5-2-6-12-22)30(38-20-24-15-9-4-10-16-24)29(37-19-23-13-7-3-8-14-23)26(39-21)17-25(32)27(33)31(34)35/h2-16,21,26,28-30,32-33H,17-20H2,1H3,(H,34,35)/t21-,26-,28+,29+,30+/m0/s1. The Morgan fingerprint density at radius 3 is 1.51 bits per heavy atom. The maximum Gasteiger partial charge on any atom is 0.374 e. The molecule has 4 rings (SSSR count). The van der Waals surface area contributed by atoms with E-state index < -0.39 is 48.0 Å². The van der Waals surface area contributed by atoms with Crippen LogP contribution in [0.4, 0.5) is 0 Å². The molecule has 8 nitrogen and oxygen atoms in total. The van der Waals surface area contributed by atoms with Crippen molar-refractivity contribution in [2.24, 2.45) is 0 Å². The van der Waals surface area contributed by atoms with Crippen molar-refractivity contribution in [2.45, 2.75) is 63.7 Å². The summed E-state index contributed by atoms with van der Waals surface area (Å²) in [6.45, 7) is 2.67. The van der Waals surface area contributed by atoms with E-state index in [9.17, 15) is 15.0 Å². The first-order valence-electron chi connectivity index (χ1n) is 12.9. The predicted molar refractivity (Wildman–Crippen MR) is 144 cm³/mol. The molecule has 0 radical (unpaired) electrons. The van der Waals surface area contributed by atoms with E-state index >= 15 is 0 Å². The fraction of sp³-hybridized carbons (Fsp3) is 0.323. The summed E-state index contributed by atoms with van der Waals surface area (Å²) in [5.41, 5.74) is 2.87. The Hall–Kier alpha value is -3.69. The molecule has 5 atom stereocenters. The summed E-state index contributed by atoms with van der Waals surface area (Å²) in [6.07, 6.45) is -3.51. The molecule has 1 saturated heterocycles. The van der Waals surface area contributed by atoms with Gasteiger partial charge in [-0.25, -0.2) is 4.79 Å². The normalized spacial score (nSPS) is 23.7. The van der Waals surface area contributed by atoms with Crippen molar-refractivity contribution in [3.8, 4) is 0 Å². The Bertz CT molecular complexity index is 1200. The number of aliphatic carboxylic acids is 1. The van der Waals surface area contributed by atoms with Gasteiger partial charge in [0.05, 0.1) is 32.0 Å². The van der Waals surface area contributed by atoms with Gasteiger partial charge in [0, 0.05) is 6.42 Å². The topological polar surface area (TPSA) is 115 Å². The first-order chi connectivity index (χ1) is 18.9. The summed E-state index contributed by atoms with van der Waals surface area (Å²) in [7, 11) is 0. The zero-order valence-electron chi connectivity index (χ0n) is 21.8. The second kappa shape index (κ2) is 13.9. The highest BCUT2D eigenvalue weighted by Crippen LogP contribution is 2.33. The van der Waals surface area contributed by atoms with Gasteiger partial charge in [-0.15, -0.1) is 0 Å². The van der Waals surface area contributed by atoms with E-state index in [0.29, 0.717) is 6.61 Å². The monoisotopic (exact) mass is 534 g/mol. The Kier molecular flexibility index (Phi) is 10.1. The molecule has 3 aromatic carbocycles. The molecular weight excluding hydrogens is 500 g/mol. The van der Waals surface area contributed by atoms with Crippen molar-refractivity contribution in [2.75, 3.05) is 0 Å². The number of hydrogen-bond donors (Lipinski definition) is 3.